The third kappa shape index (κ3) is 3.71. The van der Waals surface area contributed by atoms with Crippen LogP contribution in [0.25, 0.3) is 0 Å². The summed E-state index contributed by atoms with van der Waals surface area (Å²) in [4.78, 5) is 22.2. The van der Waals surface area contributed by atoms with Gasteiger partial charge in [0, 0.05) is 6.07 Å². The van der Waals surface area contributed by atoms with Crippen LogP contribution in [0.5, 0.6) is 0 Å². The minimum Gasteiger partial charge on any atom is -0.465 e. The van der Waals surface area contributed by atoms with Gasteiger partial charge in [-0.3, -0.25) is 14.9 Å². The first-order valence-corrected chi connectivity index (χ1v) is 7.11. The lowest BCUT2D eigenvalue weighted by atomic mass is 9.90. The van der Waals surface area contributed by atoms with E-state index < -0.39 is 28.3 Å². The van der Waals surface area contributed by atoms with Crippen molar-refractivity contribution in [2.75, 3.05) is 6.61 Å². The van der Waals surface area contributed by atoms with Gasteiger partial charge in [0.25, 0.3) is 0 Å². The average Bonchev–Trinajstić information content (AvgIpc) is 2.49. The fourth-order valence-electron chi connectivity index (χ4n) is 2.30. The number of nitro benzene ring substituents is 1. The molecule has 0 heterocycles. The van der Waals surface area contributed by atoms with E-state index in [4.69, 9.17) is 4.74 Å². The first-order chi connectivity index (χ1) is 10.9. The van der Waals surface area contributed by atoms with E-state index >= 15 is 0 Å². The number of rotatable bonds is 5. The number of carbonyl (C=O) groups is 1. The molecule has 2 rings (SSSR count). The summed E-state index contributed by atoms with van der Waals surface area (Å²) in [5, 5.41) is 10.7. The van der Waals surface area contributed by atoms with Crippen molar-refractivity contribution in [3.63, 3.8) is 0 Å². The number of halogens is 1. The molecule has 0 aliphatic carbocycles. The number of esters is 1. The lowest BCUT2D eigenvalue weighted by Crippen LogP contribution is -2.17. The maximum atomic E-state index is 13.9. The Hall–Kier alpha value is -2.76. The molecule has 0 N–H and O–H groups in total. The zero-order valence-corrected chi connectivity index (χ0v) is 12.8. The predicted molar refractivity (Wildman–Crippen MR) is 82.7 cm³/mol. The number of nitrogens with zero attached hydrogens (tertiary/aromatic N) is 1. The minimum absolute atomic E-state index is 0.191. The number of aryl methyl sites for hydroxylation is 1. The maximum Gasteiger partial charge on any atom is 0.317 e. The highest BCUT2D eigenvalue weighted by atomic mass is 19.1. The normalized spacial score (nSPS) is 11.8. The van der Waals surface area contributed by atoms with Gasteiger partial charge in [0.2, 0.25) is 5.82 Å². The van der Waals surface area contributed by atoms with Crippen molar-refractivity contribution in [2.24, 2.45) is 0 Å². The highest BCUT2D eigenvalue weighted by Crippen LogP contribution is 2.29. The number of ether oxygens (including phenoxy) is 1. The summed E-state index contributed by atoms with van der Waals surface area (Å²) in [6, 6.07) is 10.6. The Bertz CT molecular complexity index is 728. The topological polar surface area (TPSA) is 69.4 Å². The second-order valence-corrected chi connectivity index (χ2v) is 5.06. The summed E-state index contributed by atoms with van der Waals surface area (Å²) >= 11 is 0. The van der Waals surface area contributed by atoms with Gasteiger partial charge >= 0.3 is 11.7 Å². The first kappa shape index (κ1) is 16.6. The maximum absolute atomic E-state index is 13.9. The molecule has 0 radical (unpaired) electrons. The number of benzene rings is 2. The van der Waals surface area contributed by atoms with E-state index in [2.05, 4.69) is 0 Å². The third-order valence-corrected chi connectivity index (χ3v) is 3.43. The highest BCUT2D eigenvalue weighted by molar-refractivity contribution is 5.82. The van der Waals surface area contributed by atoms with Crippen molar-refractivity contribution in [2.45, 2.75) is 19.8 Å². The van der Waals surface area contributed by atoms with E-state index in [0.717, 1.165) is 17.7 Å². The molecular formula is C17H16FNO4. The molecule has 0 fully saturated rings. The molecule has 1 atom stereocenters. The summed E-state index contributed by atoms with van der Waals surface area (Å²) in [5.74, 6) is -2.33. The molecule has 23 heavy (non-hydrogen) atoms. The molecule has 1 unspecified atom stereocenters. The molecule has 0 saturated heterocycles. The largest absolute Gasteiger partial charge is 0.465 e. The van der Waals surface area contributed by atoms with Crippen LogP contribution in [0.1, 0.15) is 29.5 Å². The Kier molecular flexibility index (Phi) is 5.05. The van der Waals surface area contributed by atoms with Crippen LogP contribution in [-0.2, 0) is 9.53 Å². The monoisotopic (exact) mass is 317 g/mol. The Labute approximate surface area is 132 Å². The van der Waals surface area contributed by atoms with Gasteiger partial charge in [0.1, 0.15) is 5.92 Å². The zero-order valence-electron chi connectivity index (χ0n) is 12.8. The van der Waals surface area contributed by atoms with Crippen LogP contribution >= 0.6 is 0 Å². The summed E-state index contributed by atoms with van der Waals surface area (Å²) < 4.78 is 19.0. The fraction of sp³-hybridized carbons (Fsp3) is 0.235. The van der Waals surface area contributed by atoms with Gasteiger partial charge in [-0.2, -0.15) is 4.39 Å². The molecular weight excluding hydrogens is 301 g/mol. The first-order valence-electron chi connectivity index (χ1n) is 7.11. The minimum atomic E-state index is -0.978. The van der Waals surface area contributed by atoms with Crippen molar-refractivity contribution < 1.29 is 18.8 Å². The van der Waals surface area contributed by atoms with Gasteiger partial charge in [-0.15, -0.1) is 0 Å². The summed E-state index contributed by atoms with van der Waals surface area (Å²) in [6.07, 6.45) is 0. The van der Waals surface area contributed by atoms with Crippen molar-refractivity contribution in [3.8, 4) is 0 Å². The van der Waals surface area contributed by atoms with Crippen molar-refractivity contribution >= 4 is 11.7 Å². The van der Waals surface area contributed by atoms with Gasteiger partial charge in [-0.05, 0) is 31.0 Å². The van der Waals surface area contributed by atoms with Gasteiger partial charge in [-0.25, -0.2) is 0 Å². The van der Waals surface area contributed by atoms with Gasteiger partial charge in [-0.1, -0.05) is 35.9 Å². The van der Waals surface area contributed by atoms with Crippen LogP contribution in [-0.4, -0.2) is 17.5 Å². The smallest absolute Gasteiger partial charge is 0.317 e. The van der Waals surface area contributed by atoms with Gasteiger partial charge in [0.15, 0.2) is 0 Å². The molecule has 0 bridgehead atoms. The van der Waals surface area contributed by atoms with Gasteiger partial charge < -0.3 is 4.74 Å². The van der Waals surface area contributed by atoms with E-state index in [-0.39, 0.29) is 6.61 Å². The van der Waals surface area contributed by atoms with E-state index in [1.165, 1.54) is 6.07 Å². The SMILES string of the molecule is CCOC(=O)C(c1ccc(C)cc1)c1ccc([N+](=O)[O-])c(F)c1. The Morgan fingerprint density at radius 1 is 1.22 bits per heavy atom. The zero-order chi connectivity index (χ0) is 17.0. The Balaban J connectivity index is 2.49. The molecule has 120 valence electrons. The van der Waals surface area contributed by atoms with E-state index in [0.29, 0.717) is 11.1 Å². The van der Waals surface area contributed by atoms with E-state index in [1.54, 1.807) is 19.1 Å². The quantitative estimate of drug-likeness (QED) is 0.478. The summed E-state index contributed by atoms with van der Waals surface area (Å²) in [6.45, 7) is 3.78. The summed E-state index contributed by atoms with van der Waals surface area (Å²) in [7, 11) is 0. The second-order valence-electron chi connectivity index (χ2n) is 5.06. The van der Waals surface area contributed by atoms with Crippen LogP contribution in [0.15, 0.2) is 42.5 Å². The molecule has 0 spiro atoms. The second kappa shape index (κ2) is 7.00. The summed E-state index contributed by atoms with van der Waals surface area (Å²) in [5.41, 5.74) is 1.35. The fourth-order valence-corrected chi connectivity index (χ4v) is 2.30. The van der Waals surface area contributed by atoms with Gasteiger partial charge in [0.05, 0.1) is 11.5 Å². The molecule has 0 aliphatic rings. The van der Waals surface area contributed by atoms with Crippen LogP contribution < -0.4 is 0 Å². The molecule has 6 heteroatoms. The average molecular weight is 317 g/mol. The van der Waals surface area contributed by atoms with Crippen molar-refractivity contribution in [1.82, 2.24) is 0 Å². The van der Waals surface area contributed by atoms with E-state index in [9.17, 15) is 19.3 Å². The number of nitro groups is 1. The van der Waals surface area contributed by atoms with Crippen LogP contribution in [0, 0.1) is 22.9 Å². The number of hydrogen-bond acceptors (Lipinski definition) is 4. The molecule has 0 amide bonds. The highest BCUT2D eigenvalue weighted by Gasteiger charge is 2.26. The van der Waals surface area contributed by atoms with Crippen LogP contribution in [0.3, 0.4) is 0 Å². The molecule has 0 aliphatic heterocycles. The standard InChI is InChI=1S/C17H16FNO4/c1-3-23-17(20)16(12-6-4-11(2)5-7-12)13-8-9-15(19(21)22)14(18)10-13/h4-10,16H,3H2,1-2H3. The van der Waals surface area contributed by atoms with Crippen LogP contribution in [0.4, 0.5) is 10.1 Å². The molecule has 2 aromatic rings. The van der Waals surface area contributed by atoms with Crippen molar-refractivity contribution in [1.29, 1.82) is 0 Å². The predicted octanol–water partition coefficient (Wildman–Crippen LogP) is 3.74. The van der Waals surface area contributed by atoms with Crippen molar-refractivity contribution in [3.05, 3.63) is 75.1 Å². The Morgan fingerprint density at radius 3 is 2.35 bits per heavy atom. The molecule has 0 saturated carbocycles. The number of hydrogen-bond donors (Lipinski definition) is 0. The number of carbonyl (C=O) groups excluding carboxylic acids is 1. The molecule has 2 aromatic carbocycles. The Morgan fingerprint density at radius 2 is 1.83 bits per heavy atom. The lowest BCUT2D eigenvalue weighted by Gasteiger charge is -2.17. The van der Waals surface area contributed by atoms with E-state index in [1.807, 2.05) is 19.1 Å². The molecule has 5 nitrogen and oxygen atoms in total. The molecule has 0 aromatic heterocycles. The third-order valence-electron chi connectivity index (χ3n) is 3.43. The van der Waals surface area contributed by atoms with Crippen LogP contribution in [0.2, 0.25) is 0 Å². The lowest BCUT2D eigenvalue weighted by molar-refractivity contribution is -0.387.